The van der Waals surface area contributed by atoms with E-state index in [4.69, 9.17) is 19.3 Å². The Labute approximate surface area is 144 Å². The minimum atomic E-state index is -1.26. The Morgan fingerprint density at radius 2 is 1.52 bits per heavy atom. The SMILES string of the molecule is CC(OC(=O)CCC(=O)O)C(=O)OC(C)C(=O)OCc1ccccc1. The predicted molar refractivity (Wildman–Crippen MR) is 84.2 cm³/mol. The molecule has 0 aliphatic carbocycles. The lowest BCUT2D eigenvalue weighted by molar-refractivity contribution is -0.177. The average molecular weight is 352 g/mol. The van der Waals surface area contributed by atoms with E-state index in [0.717, 1.165) is 5.56 Å². The molecule has 2 atom stereocenters. The lowest BCUT2D eigenvalue weighted by Gasteiger charge is -2.16. The van der Waals surface area contributed by atoms with E-state index in [1.165, 1.54) is 13.8 Å². The molecule has 0 saturated heterocycles. The molecule has 0 radical (unpaired) electrons. The first-order valence-electron chi connectivity index (χ1n) is 7.62. The summed E-state index contributed by atoms with van der Waals surface area (Å²) in [7, 11) is 0. The van der Waals surface area contributed by atoms with E-state index < -0.39 is 42.5 Å². The van der Waals surface area contributed by atoms with Gasteiger partial charge in [0.2, 0.25) is 0 Å². The highest BCUT2D eigenvalue weighted by atomic mass is 16.6. The van der Waals surface area contributed by atoms with E-state index in [0.29, 0.717) is 0 Å². The molecule has 25 heavy (non-hydrogen) atoms. The zero-order chi connectivity index (χ0) is 18.8. The van der Waals surface area contributed by atoms with Crippen LogP contribution in [-0.2, 0) is 40.0 Å². The van der Waals surface area contributed by atoms with Crippen LogP contribution < -0.4 is 0 Å². The summed E-state index contributed by atoms with van der Waals surface area (Å²) in [6.45, 7) is 2.65. The average Bonchev–Trinajstić information content (AvgIpc) is 2.58. The van der Waals surface area contributed by atoms with Crippen LogP contribution in [0.4, 0.5) is 0 Å². The highest BCUT2D eigenvalue weighted by Gasteiger charge is 2.25. The quantitative estimate of drug-likeness (QED) is 0.524. The third kappa shape index (κ3) is 7.96. The topological polar surface area (TPSA) is 116 Å². The van der Waals surface area contributed by atoms with Crippen molar-refractivity contribution in [2.24, 2.45) is 0 Å². The first-order valence-corrected chi connectivity index (χ1v) is 7.62. The van der Waals surface area contributed by atoms with Crippen molar-refractivity contribution in [3.05, 3.63) is 35.9 Å². The van der Waals surface area contributed by atoms with E-state index >= 15 is 0 Å². The van der Waals surface area contributed by atoms with Gasteiger partial charge in [-0.05, 0) is 19.4 Å². The number of ether oxygens (including phenoxy) is 3. The fourth-order valence-corrected chi connectivity index (χ4v) is 1.68. The summed E-state index contributed by atoms with van der Waals surface area (Å²) in [5.41, 5.74) is 0.787. The number of esters is 3. The summed E-state index contributed by atoms with van der Waals surface area (Å²) >= 11 is 0. The number of carboxylic acids is 1. The van der Waals surface area contributed by atoms with Crippen molar-refractivity contribution in [3.63, 3.8) is 0 Å². The second-order valence-corrected chi connectivity index (χ2v) is 5.20. The Morgan fingerprint density at radius 1 is 0.920 bits per heavy atom. The third-order valence-corrected chi connectivity index (χ3v) is 3.03. The van der Waals surface area contributed by atoms with Gasteiger partial charge < -0.3 is 19.3 Å². The summed E-state index contributed by atoms with van der Waals surface area (Å²) < 4.78 is 14.7. The van der Waals surface area contributed by atoms with E-state index in [1.807, 2.05) is 6.07 Å². The van der Waals surface area contributed by atoms with Gasteiger partial charge in [-0.3, -0.25) is 9.59 Å². The molecule has 0 saturated carbocycles. The molecule has 2 unspecified atom stereocenters. The number of hydrogen-bond donors (Lipinski definition) is 1. The Kier molecular flexibility index (Phi) is 8.11. The van der Waals surface area contributed by atoms with Gasteiger partial charge in [-0.1, -0.05) is 30.3 Å². The molecule has 1 rings (SSSR count). The zero-order valence-corrected chi connectivity index (χ0v) is 14.0. The lowest BCUT2D eigenvalue weighted by Crippen LogP contribution is -2.33. The molecule has 0 amide bonds. The summed E-state index contributed by atoms with van der Waals surface area (Å²) in [6.07, 6.45) is -3.19. The minimum absolute atomic E-state index is 0.0429. The monoisotopic (exact) mass is 352 g/mol. The zero-order valence-electron chi connectivity index (χ0n) is 14.0. The summed E-state index contributed by atoms with van der Waals surface area (Å²) in [5, 5.41) is 8.47. The number of hydrogen-bond acceptors (Lipinski definition) is 7. The van der Waals surface area contributed by atoms with Crippen molar-refractivity contribution in [3.8, 4) is 0 Å². The summed E-state index contributed by atoms with van der Waals surface area (Å²) in [6, 6.07) is 8.99. The highest BCUT2D eigenvalue weighted by Crippen LogP contribution is 2.06. The van der Waals surface area contributed by atoms with Gasteiger partial charge in [-0.15, -0.1) is 0 Å². The second kappa shape index (κ2) is 10.1. The maximum atomic E-state index is 11.8. The van der Waals surface area contributed by atoms with Crippen molar-refractivity contribution < 1.29 is 38.5 Å². The molecule has 0 spiro atoms. The molecule has 0 heterocycles. The summed E-state index contributed by atoms with van der Waals surface area (Å²) in [4.78, 5) is 45.3. The fraction of sp³-hybridized carbons (Fsp3) is 0.412. The molecule has 1 N–H and O–H groups in total. The molecule has 0 aromatic heterocycles. The van der Waals surface area contributed by atoms with Crippen LogP contribution in [0, 0.1) is 0 Å². The van der Waals surface area contributed by atoms with Gasteiger partial charge >= 0.3 is 23.9 Å². The molecule has 8 heteroatoms. The van der Waals surface area contributed by atoms with E-state index in [9.17, 15) is 19.2 Å². The molecule has 0 aliphatic heterocycles. The number of carboxylic acid groups (broad SMARTS) is 1. The Balaban J connectivity index is 2.37. The van der Waals surface area contributed by atoms with Crippen molar-refractivity contribution in [2.45, 2.75) is 45.5 Å². The van der Waals surface area contributed by atoms with Crippen LogP contribution in [0.2, 0.25) is 0 Å². The Morgan fingerprint density at radius 3 is 2.12 bits per heavy atom. The smallest absolute Gasteiger partial charge is 0.347 e. The predicted octanol–water partition coefficient (Wildman–Crippen LogP) is 1.46. The molecular weight excluding hydrogens is 332 g/mol. The van der Waals surface area contributed by atoms with Crippen LogP contribution in [0.1, 0.15) is 32.3 Å². The van der Waals surface area contributed by atoms with Gasteiger partial charge in [0.15, 0.2) is 12.2 Å². The van der Waals surface area contributed by atoms with Crippen molar-refractivity contribution in [1.82, 2.24) is 0 Å². The highest BCUT2D eigenvalue weighted by molar-refractivity contribution is 5.83. The van der Waals surface area contributed by atoms with Gasteiger partial charge in [0.05, 0.1) is 12.8 Å². The summed E-state index contributed by atoms with van der Waals surface area (Å²) in [5.74, 6) is -3.65. The van der Waals surface area contributed by atoms with Crippen molar-refractivity contribution >= 4 is 23.9 Å². The molecule has 136 valence electrons. The number of rotatable bonds is 9. The van der Waals surface area contributed by atoms with E-state index in [2.05, 4.69) is 0 Å². The van der Waals surface area contributed by atoms with Gasteiger partial charge in [-0.2, -0.15) is 0 Å². The maximum Gasteiger partial charge on any atom is 0.347 e. The molecular formula is C17H20O8. The van der Waals surface area contributed by atoms with E-state index in [1.54, 1.807) is 24.3 Å². The Hall–Kier alpha value is -2.90. The van der Waals surface area contributed by atoms with Crippen LogP contribution in [0.5, 0.6) is 0 Å². The van der Waals surface area contributed by atoms with Gasteiger partial charge in [0.25, 0.3) is 0 Å². The molecule has 0 aliphatic rings. The molecule has 0 fully saturated rings. The van der Waals surface area contributed by atoms with Crippen LogP contribution in [0.3, 0.4) is 0 Å². The van der Waals surface area contributed by atoms with Crippen molar-refractivity contribution in [1.29, 1.82) is 0 Å². The van der Waals surface area contributed by atoms with Gasteiger partial charge in [-0.25, -0.2) is 9.59 Å². The first kappa shape index (κ1) is 20.1. The largest absolute Gasteiger partial charge is 0.481 e. The maximum absolute atomic E-state index is 11.8. The number of aliphatic carboxylic acids is 1. The van der Waals surface area contributed by atoms with Crippen molar-refractivity contribution in [2.75, 3.05) is 0 Å². The van der Waals surface area contributed by atoms with E-state index in [-0.39, 0.29) is 13.0 Å². The molecule has 1 aromatic rings. The van der Waals surface area contributed by atoms with Crippen LogP contribution in [0.25, 0.3) is 0 Å². The standard InChI is InChI=1S/C17H20O8/c1-11(16(21)23-10-13-6-4-3-5-7-13)25-17(22)12(2)24-15(20)9-8-14(18)19/h3-7,11-12H,8-10H2,1-2H3,(H,18,19). The van der Waals surface area contributed by atoms with Crippen LogP contribution in [0.15, 0.2) is 30.3 Å². The minimum Gasteiger partial charge on any atom is -0.481 e. The molecule has 8 nitrogen and oxygen atoms in total. The first-order chi connectivity index (χ1) is 11.8. The second-order valence-electron chi connectivity index (χ2n) is 5.20. The van der Waals surface area contributed by atoms with Gasteiger partial charge in [0, 0.05) is 0 Å². The number of carbonyl (C=O) groups is 4. The normalized spacial score (nSPS) is 12.6. The number of carbonyl (C=O) groups excluding carboxylic acids is 3. The fourth-order valence-electron chi connectivity index (χ4n) is 1.68. The third-order valence-electron chi connectivity index (χ3n) is 3.03. The molecule has 0 bridgehead atoms. The van der Waals surface area contributed by atoms with Gasteiger partial charge in [0.1, 0.15) is 6.61 Å². The number of benzene rings is 1. The Bertz CT molecular complexity index is 610. The lowest BCUT2D eigenvalue weighted by atomic mass is 10.2. The van der Waals surface area contributed by atoms with Crippen LogP contribution in [-0.4, -0.2) is 41.2 Å². The molecule has 1 aromatic carbocycles. The van der Waals surface area contributed by atoms with Crippen LogP contribution >= 0.6 is 0 Å².